The molecule has 1 aliphatic rings. The highest BCUT2D eigenvalue weighted by molar-refractivity contribution is 6.46. The number of halogens is 1. The number of para-hydroxylation sites is 1. The van der Waals surface area contributed by atoms with Gasteiger partial charge in [0.1, 0.15) is 5.92 Å². The molecular formula is C18H16ClN3O3. The summed E-state index contributed by atoms with van der Waals surface area (Å²) in [6.45, 7) is 1.88. The van der Waals surface area contributed by atoms with Gasteiger partial charge < -0.3 is 10.5 Å². The van der Waals surface area contributed by atoms with Crippen LogP contribution < -0.4 is 10.7 Å². The molecule has 7 heteroatoms. The van der Waals surface area contributed by atoms with Gasteiger partial charge in [0.05, 0.1) is 12.3 Å². The highest BCUT2D eigenvalue weighted by Crippen LogP contribution is 2.34. The molecule has 1 atom stereocenters. The van der Waals surface area contributed by atoms with Gasteiger partial charge in [-0.05, 0) is 42.8 Å². The van der Waals surface area contributed by atoms with E-state index in [1.165, 1.54) is 5.01 Å². The van der Waals surface area contributed by atoms with Gasteiger partial charge in [0.25, 0.3) is 5.91 Å². The van der Waals surface area contributed by atoms with E-state index in [1.807, 2.05) is 0 Å². The number of hydrogen-bond acceptors (Lipinski definition) is 5. The molecule has 2 N–H and O–H groups in total. The second kappa shape index (κ2) is 6.94. The Morgan fingerprint density at radius 3 is 2.56 bits per heavy atom. The van der Waals surface area contributed by atoms with Crippen molar-refractivity contribution in [1.29, 1.82) is 0 Å². The Morgan fingerprint density at radius 1 is 1.24 bits per heavy atom. The summed E-state index contributed by atoms with van der Waals surface area (Å²) >= 11 is 5.89. The van der Waals surface area contributed by atoms with Gasteiger partial charge in [0, 0.05) is 10.7 Å². The van der Waals surface area contributed by atoms with Crippen LogP contribution in [0.3, 0.4) is 0 Å². The lowest BCUT2D eigenvalue weighted by molar-refractivity contribution is -0.135. The van der Waals surface area contributed by atoms with Crippen LogP contribution in [0.1, 0.15) is 18.4 Å². The molecule has 1 unspecified atom stereocenters. The van der Waals surface area contributed by atoms with E-state index in [-0.39, 0.29) is 18.2 Å². The number of amides is 1. The lowest BCUT2D eigenvalue weighted by atomic mass is 9.92. The average Bonchev–Trinajstić information content (AvgIpc) is 2.94. The van der Waals surface area contributed by atoms with Crippen molar-refractivity contribution in [2.45, 2.75) is 12.8 Å². The van der Waals surface area contributed by atoms with Gasteiger partial charge in [-0.3, -0.25) is 4.79 Å². The van der Waals surface area contributed by atoms with Gasteiger partial charge in [-0.15, -0.1) is 0 Å². The Hall–Kier alpha value is -2.86. The zero-order valence-corrected chi connectivity index (χ0v) is 14.2. The van der Waals surface area contributed by atoms with Gasteiger partial charge in [-0.2, -0.15) is 10.1 Å². The van der Waals surface area contributed by atoms with E-state index in [0.29, 0.717) is 22.0 Å². The number of carbonyl (C=O) groups is 2. The molecule has 0 radical (unpaired) electrons. The number of esters is 1. The Labute approximate surface area is 149 Å². The molecule has 1 aliphatic heterocycles. The first kappa shape index (κ1) is 17.0. The fourth-order valence-electron chi connectivity index (χ4n) is 2.64. The standard InChI is InChI=1S/C18H16ClN3O3/c1-2-25-18(24)16-15(13-5-3-4-6-14(13)20)17(23)22(21-16)12-9-7-11(19)8-10-12/h3-10,15H,2,20H2,1H3. The van der Waals surface area contributed by atoms with Crippen LogP contribution in [-0.4, -0.2) is 24.2 Å². The molecule has 0 aromatic heterocycles. The maximum atomic E-state index is 13.0. The molecule has 128 valence electrons. The first-order valence-corrected chi connectivity index (χ1v) is 8.10. The third-order valence-corrected chi connectivity index (χ3v) is 4.05. The lowest BCUT2D eigenvalue weighted by Gasteiger charge is -2.16. The average molecular weight is 358 g/mol. The van der Waals surface area contributed by atoms with Crippen molar-refractivity contribution in [2.75, 3.05) is 17.3 Å². The quantitative estimate of drug-likeness (QED) is 0.673. The molecule has 2 aromatic carbocycles. The molecule has 0 spiro atoms. The van der Waals surface area contributed by atoms with Crippen LogP contribution in [0.2, 0.25) is 5.02 Å². The van der Waals surface area contributed by atoms with Gasteiger partial charge in [0.2, 0.25) is 0 Å². The van der Waals surface area contributed by atoms with Crippen molar-refractivity contribution in [1.82, 2.24) is 0 Å². The highest BCUT2D eigenvalue weighted by atomic mass is 35.5. The molecule has 0 fully saturated rings. The first-order valence-electron chi connectivity index (χ1n) is 7.72. The molecule has 6 nitrogen and oxygen atoms in total. The molecular weight excluding hydrogens is 342 g/mol. The summed E-state index contributed by atoms with van der Waals surface area (Å²) in [6, 6.07) is 13.5. The summed E-state index contributed by atoms with van der Waals surface area (Å²) in [6.07, 6.45) is 0. The van der Waals surface area contributed by atoms with Crippen LogP contribution in [-0.2, 0) is 14.3 Å². The topological polar surface area (TPSA) is 85.0 Å². The number of nitrogens with zero attached hydrogens (tertiary/aromatic N) is 2. The smallest absolute Gasteiger partial charge is 0.355 e. The molecule has 2 aromatic rings. The van der Waals surface area contributed by atoms with Crippen LogP contribution >= 0.6 is 11.6 Å². The van der Waals surface area contributed by atoms with Crippen LogP contribution in [0, 0.1) is 0 Å². The molecule has 3 rings (SSSR count). The Balaban J connectivity index is 2.06. The van der Waals surface area contributed by atoms with E-state index in [2.05, 4.69) is 5.10 Å². The number of carbonyl (C=O) groups excluding carboxylic acids is 2. The van der Waals surface area contributed by atoms with E-state index >= 15 is 0 Å². The van der Waals surface area contributed by atoms with E-state index in [0.717, 1.165) is 0 Å². The van der Waals surface area contributed by atoms with E-state index in [1.54, 1.807) is 55.5 Å². The van der Waals surface area contributed by atoms with Crippen LogP contribution in [0.4, 0.5) is 11.4 Å². The first-order chi connectivity index (χ1) is 12.0. The number of benzene rings is 2. The Kier molecular flexibility index (Phi) is 4.72. The number of hydrazone groups is 1. The van der Waals surface area contributed by atoms with Gasteiger partial charge in [-0.25, -0.2) is 4.79 Å². The van der Waals surface area contributed by atoms with Crippen LogP contribution in [0.5, 0.6) is 0 Å². The minimum absolute atomic E-state index is 0.0136. The highest BCUT2D eigenvalue weighted by Gasteiger charge is 2.42. The second-order valence-corrected chi connectivity index (χ2v) is 5.83. The summed E-state index contributed by atoms with van der Waals surface area (Å²) in [4.78, 5) is 25.3. The van der Waals surface area contributed by atoms with Crippen molar-refractivity contribution in [3.05, 3.63) is 59.1 Å². The van der Waals surface area contributed by atoms with Crippen molar-refractivity contribution in [2.24, 2.45) is 5.10 Å². The summed E-state index contributed by atoms with van der Waals surface area (Å²) in [7, 11) is 0. The van der Waals surface area contributed by atoms with Crippen molar-refractivity contribution >= 4 is 40.6 Å². The predicted octanol–water partition coefficient (Wildman–Crippen LogP) is 2.97. The summed E-state index contributed by atoms with van der Waals surface area (Å²) in [5.41, 5.74) is 7.47. The fraction of sp³-hybridized carbons (Fsp3) is 0.167. The number of nitrogen functional groups attached to an aromatic ring is 1. The molecule has 0 saturated heterocycles. The van der Waals surface area contributed by atoms with Crippen LogP contribution in [0.25, 0.3) is 0 Å². The third-order valence-electron chi connectivity index (χ3n) is 3.80. The van der Waals surface area contributed by atoms with Crippen molar-refractivity contribution < 1.29 is 14.3 Å². The third kappa shape index (κ3) is 3.21. The summed E-state index contributed by atoms with van der Waals surface area (Å²) in [5, 5.41) is 5.93. The zero-order chi connectivity index (χ0) is 18.0. The largest absolute Gasteiger partial charge is 0.461 e. The SMILES string of the molecule is CCOC(=O)C1=NN(c2ccc(Cl)cc2)C(=O)C1c1ccccc1N. The van der Waals surface area contributed by atoms with Crippen molar-refractivity contribution in [3.63, 3.8) is 0 Å². The molecule has 0 bridgehead atoms. The summed E-state index contributed by atoms with van der Waals surface area (Å²) in [5.74, 6) is -1.92. The Bertz CT molecular complexity index is 849. The van der Waals surface area contributed by atoms with Crippen molar-refractivity contribution in [3.8, 4) is 0 Å². The lowest BCUT2D eigenvalue weighted by Crippen LogP contribution is -2.29. The minimum atomic E-state index is -0.907. The Morgan fingerprint density at radius 2 is 1.92 bits per heavy atom. The number of anilines is 2. The molecule has 0 aliphatic carbocycles. The van der Waals surface area contributed by atoms with E-state index in [9.17, 15) is 9.59 Å². The summed E-state index contributed by atoms with van der Waals surface area (Å²) < 4.78 is 5.06. The van der Waals surface area contributed by atoms with Gasteiger partial charge in [0.15, 0.2) is 5.71 Å². The van der Waals surface area contributed by atoms with E-state index < -0.39 is 11.9 Å². The zero-order valence-electron chi connectivity index (χ0n) is 13.5. The second-order valence-electron chi connectivity index (χ2n) is 5.39. The maximum Gasteiger partial charge on any atom is 0.355 e. The minimum Gasteiger partial charge on any atom is -0.461 e. The number of hydrogen-bond donors (Lipinski definition) is 1. The number of ether oxygens (including phenoxy) is 1. The normalized spacial score (nSPS) is 16.7. The monoisotopic (exact) mass is 357 g/mol. The van der Waals surface area contributed by atoms with Gasteiger partial charge in [-0.1, -0.05) is 29.8 Å². The number of rotatable bonds is 4. The molecule has 1 amide bonds. The fourth-order valence-corrected chi connectivity index (χ4v) is 2.77. The maximum absolute atomic E-state index is 13.0. The molecule has 1 heterocycles. The predicted molar refractivity (Wildman–Crippen MR) is 96.6 cm³/mol. The van der Waals surface area contributed by atoms with Gasteiger partial charge >= 0.3 is 5.97 Å². The molecule has 25 heavy (non-hydrogen) atoms. The molecule has 0 saturated carbocycles. The van der Waals surface area contributed by atoms with E-state index in [4.69, 9.17) is 22.1 Å². The van der Waals surface area contributed by atoms with Crippen LogP contribution in [0.15, 0.2) is 53.6 Å². The number of nitrogens with two attached hydrogens (primary N) is 1.